The molecule has 0 saturated heterocycles. The van der Waals surface area contributed by atoms with Crippen LogP contribution < -0.4 is 14.4 Å². The number of anilines is 2. The molecule has 3 aromatic rings. The maximum Gasteiger partial charge on any atom is 0.418 e. The number of hydrogen-bond donors (Lipinski definition) is 1. The number of benzene rings is 3. The zero-order valence-electron chi connectivity index (χ0n) is 19.3. The van der Waals surface area contributed by atoms with E-state index >= 15 is 0 Å². The standard InChI is InChI=1S/C24H21Cl2F3N2O4S/c1-14-4-9-21(35-3)22(10-14)36(33,34)31(17-7-5-15(2)19(26)12-17)13-23(32)30-20-8-6-16(25)11-18(20)24(27,28)29/h4-12H,13H2,1-3H3,(H,30,32). The van der Waals surface area contributed by atoms with Crippen molar-refractivity contribution in [2.75, 3.05) is 23.3 Å². The number of rotatable bonds is 7. The molecule has 192 valence electrons. The lowest BCUT2D eigenvalue weighted by atomic mass is 10.1. The molecular formula is C24H21Cl2F3N2O4S. The maximum absolute atomic E-state index is 13.7. The van der Waals surface area contributed by atoms with Gasteiger partial charge in [0, 0.05) is 10.0 Å². The summed E-state index contributed by atoms with van der Waals surface area (Å²) >= 11 is 11.9. The van der Waals surface area contributed by atoms with Crippen molar-refractivity contribution in [1.82, 2.24) is 0 Å². The van der Waals surface area contributed by atoms with Gasteiger partial charge in [-0.1, -0.05) is 35.3 Å². The Morgan fingerprint density at radius 3 is 2.33 bits per heavy atom. The highest BCUT2D eigenvalue weighted by Gasteiger charge is 2.35. The van der Waals surface area contributed by atoms with E-state index in [1.54, 1.807) is 26.0 Å². The summed E-state index contributed by atoms with van der Waals surface area (Å²) < 4.78 is 73.9. The van der Waals surface area contributed by atoms with Crippen LogP contribution in [-0.2, 0) is 21.0 Å². The van der Waals surface area contributed by atoms with Crippen molar-refractivity contribution >= 4 is 50.5 Å². The van der Waals surface area contributed by atoms with Gasteiger partial charge in [0.05, 0.1) is 24.0 Å². The fourth-order valence-corrected chi connectivity index (χ4v) is 5.34. The number of carbonyl (C=O) groups excluding carboxylic acids is 1. The Hall–Kier alpha value is -2.95. The molecule has 0 aliphatic rings. The van der Waals surface area contributed by atoms with Crippen molar-refractivity contribution in [2.45, 2.75) is 24.9 Å². The first kappa shape index (κ1) is 27.6. The second kappa shape index (κ2) is 10.6. The average molecular weight is 561 g/mol. The number of nitrogens with zero attached hydrogens (tertiary/aromatic N) is 1. The number of aryl methyl sites for hydroxylation is 2. The molecule has 36 heavy (non-hydrogen) atoms. The molecule has 0 bridgehead atoms. The van der Waals surface area contributed by atoms with Crippen LogP contribution in [-0.4, -0.2) is 28.0 Å². The SMILES string of the molecule is COc1ccc(C)cc1S(=O)(=O)N(CC(=O)Nc1ccc(Cl)cc1C(F)(F)F)c1ccc(C)c(Cl)c1. The lowest BCUT2D eigenvalue weighted by molar-refractivity contribution is -0.137. The molecule has 0 spiro atoms. The third kappa shape index (κ3) is 6.05. The van der Waals surface area contributed by atoms with Gasteiger partial charge in [-0.2, -0.15) is 13.2 Å². The van der Waals surface area contributed by atoms with Crippen LogP contribution in [0.5, 0.6) is 5.75 Å². The summed E-state index contributed by atoms with van der Waals surface area (Å²) in [5, 5.41) is 2.21. The van der Waals surface area contributed by atoms with Gasteiger partial charge in [0.1, 0.15) is 17.2 Å². The Bertz CT molecular complexity index is 1410. The lowest BCUT2D eigenvalue weighted by Crippen LogP contribution is -2.38. The minimum Gasteiger partial charge on any atom is -0.495 e. The van der Waals surface area contributed by atoms with Gasteiger partial charge in [0.25, 0.3) is 10.0 Å². The Morgan fingerprint density at radius 2 is 1.72 bits per heavy atom. The molecule has 1 N–H and O–H groups in total. The first-order valence-electron chi connectivity index (χ1n) is 10.3. The van der Waals surface area contributed by atoms with Gasteiger partial charge < -0.3 is 10.1 Å². The van der Waals surface area contributed by atoms with E-state index in [4.69, 9.17) is 27.9 Å². The Labute approximate surface area is 216 Å². The number of methoxy groups -OCH3 is 1. The third-order valence-corrected chi connectivity index (χ3v) is 7.62. The number of amides is 1. The summed E-state index contributed by atoms with van der Waals surface area (Å²) in [6, 6.07) is 11.7. The molecule has 0 fully saturated rings. The first-order chi connectivity index (χ1) is 16.7. The molecule has 6 nitrogen and oxygen atoms in total. The van der Waals surface area contributed by atoms with Gasteiger partial charge in [-0.25, -0.2) is 8.42 Å². The molecule has 0 aliphatic heterocycles. The van der Waals surface area contributed by atoms with Gasteiger partial charge in [0.15, 0.2) is 0 Å². The summed E-state index contributed by atoms with van der Waals surface area (Å²) in [6.07, 6.45) is -4.81. The highest BCUT2D eigenvalue weighted by atomic mass is 35.5. The van der Waals surface area contributed by atoms with E-state index in [9.17, 15) is 26.4 Å². The van der Waals surface area contributed by atoms with Gasteiger partial charge in [-0.3, -0.25) is 9.10 Å². The molecule has 0 aliphatic carbocycles. The van der Waals surface area contributed by atoms with E-state index in [1.807, 2.05) is 0 Å². The van der Waals surface area contributed by atoms with E-state index in [0.29, 0.717) is 17.2 Å². The number of sulfonamides is 1. The van der Waals surface area contributed by atoms with Crippen LogP contribution in [0.3, 0.4) is 0 Å². The largest absolute Gasteiger partial charge is 0.495 e. The molecule has 0 saturated carbocycles. The van der Waals surface area contributed by atoms with Crippen molar-refractivity contribution in [3.05, 3.63) is 81.3 Å². The molecule has 3 aromatic carbocycles. The number of ether oxygens (including phenoxy) is 1. The zero-order valence-corrected chi connectivity index (χ0v) is 21.6. The van der Waals surface area contributed by atoms with Crippen molar-refractivity contribution in [3.8, 4) is 5.75 Å². The van der Waals surface area contributed by atoms with Crippen LogP contribution in [0.4, 0.5) is 24.5 Å². The molecule has 0 unspecified atom stereocenters. The van der Waals surface area contributed by atoms with E-state index in [1.165, 1.54) is 37.4 Å². The Kier molecular flexibility index (Phi) is 8.12. The second-order valence-electron chi connectivity index (χ2n) is 7.84. The number of carbonyl (C=O) groups is 1. The summed E-state index contributed by atoms with van der Waals surface area (Å²) in [5.74, 6) is -0.990. The molecule has 0 radical (unpaired) electrons. The molecule has 0 atom stereocenters. The van der Waals surface area contributed by atoms with Crippen molar-refractivity contribution in [1.29, 1.82) is 0 Å². The fourth-order valence-electron chi connectivity index (χ4n) is 3.34. The minimum atomic E-state index is -4.81. The van der Waals surface area contributed by atoms with Gasteiger partial charge >= 0.3 is 6.18 Å². The summed E-state index contributed by atoms with van der Waals surface area (Å²) in [4.78, 5) is 12.7. The highest BCUT2D eigenvalue weighted by Crippen LogP contribution is 2.37. The number of alkyl halides is 3. The van der Waals surface area contributed by atoms with E-state index in [0.717, 1.165) is 10.4 Å². The topological polar surface area (TPSA) is 75.7 Å². The molecule has 12 heteroatoms. The smallest absolute Gasteiger partial charge is 0.418 e. The Morgan fingerprint density at radius 1 is 1.03 bits per heavy atom. The van der Waals surface area contributed by atoms with Crippen LogP contribution in [0.25, 0.3) is 0 Å². The van der Waals surface area contributed by atoms with Gasteiger partial charge in [-0.05, 0) is 67.4 Å². The minimum absolute atomic E-state index is 0.0290. The molecule has 0 aromatic heterocycles. The van der Waals surface area contributed by atoms with Gasteiger partial charge in [-0.15, -0.1) is 0 Å². The van der Waals surface area contributed by atoms with E-state index in [2.05, 4.69) is 5.32 Å². The monoisotopic (exact) mass is 560 g/mol. The highest BCUT2D eigenvalue weighted by molar-refractivity contribution is 7.93. The van der Waals surface area contributed by atoms with Crippen LogP contribution in [0, 0.1) is 13.8 Å². The van der Waals surface area contributed by atoms with Crippen molar-refractivity contribution in [3.63, 3.8) is 0 Å². The maximum atomic E-state index is 13.7. The number of nitrogens with one attached hydrogen (secondary N) is 1. The van der Waals surface area contributed by atoms with Crippen LogP contribution in [0.2, 0.25) is 10.0 Å². The predicted molar refractivity (Wildman–Crippen MR) is 134 cm³/mol. The van der Waals surface area contributed by atoms with Crippen molar-refractivity contribution in [2.24, 2.45) is 0 Å². The van der Waals surface area contributed by atoms with E-state index in [-0.39, 0.29) is 26.4 Å². The Balaban J connectivity index is 2.07. The third-order valence-electron chi connectivity index (χ3n) is 5.18. The summed E-state index contributed by atoms with van der Waals surface area (Å²) in [7, 11) is -3.14. The average Bonchev–Trinajstić information content (AvgIpc) is 2.79. The van der Waals surface area contributed by atoms with E-state index < -0.39 is 39.9 Å². The normalized spacial score (nSPS) is 11.8. The predicted octanol–water partition coefficient (Wildman–Crippen LogP) is 6.47. The van der Waals surface area contributed by atoms with Crippen LogP contribution in [0.1, 0.15) is 16.7 Å². The van der Waals surface area contributed by atoms with Crippen molar-refractivity contribution < 1.29 is 31.1 Å². The van der Waals surface area contributed by atoms with Gasteiger partial charge in [0.2, 0.25) is 5.91 Å². The second-order valence-corrected chi connectivity index (χ2v) is 10.5. The molecule has 1 amide bonds. The lowest BCUT2D eigenvalue weighted by Gasteiger charge is -2.26. The fraction of sp³-hybridized carbons (Fsp3) is 0.208. The first-order valence-corrected chi connectivity index (χ1v) is 12.5. The summed E-state index contributed by atoms with van der Waals surface area (Å²) in [6.45, 7) is 2.54. The number of hydrogen-bond acceptors (Lipinski definition) is 4. The molecule has 0 heterocycles. The number of halogens is 5. The molecular weight excluding hydrogens is 540 g/mol. The van der Waals surface area contributed by atoms with Crippen LogP contribution in [0.15, 0.2) is 59.5 Å². The summed E-state index contributed by atoms with van der Waals surface area (Å²) in [5.41, 5.74) is -0.430. The quantitative estimate of drug-likeness (QED) is 0.359. The van der Waals surface area contributed by atoms with Crippen LogP contribution >= 0.6 is 23.2 Å². The molecule has 3 rings (SSSR count). The zero-order chi connectivity index (χ0) is 26.8.